The molecule has 0 aliphatic heterocycles. The van der Waals surface area contributed by atoms with Gasteiger partial charge in [0.15, 0.2) is 0 Å². The number of carboxylic acid groups (broad SMARTS) is 1. The van der Waals surface area contributed by atoms with E-state index in [-0.39, 0.29) is 18.0 Å². The maximum absolute atomic E-state index is 11.4. The standard InChI is InChI=1S/C12H18N2O4/c1-3-4-13-11(15)7-14(2)6-10-5-9(8-18-10)12(16)17/h5,8H,3-4,6-7H2,1-2H3,(H,13,15)(H,16,17). The SMILES string of the molecule is CCCNC(=O)CN(C)Cc1cc(C(=O)O)co1. The largest absolute Gasteiger partial charge is 0.478 e. The summed E-state index contributed by atoms with van der Waals surface area (Å²) in [7, 11) is 1.77. The van der Waals surface area contributed by atoms with Crippen molar-refractivity contribution < 1.29 is 19.1 Å². The van der Waals surface area contributed by atoms with Crippen molar-refractivity contribution in [2.75, 3.05) is 20.1 Å². The number of hydrogen-bond acceptors (Lipinski definition) is 4. The lowest BCUT2D eigenvalue weighted by atomic mass is 10.3. The Bertz CT molecular complexity index is 414. The summed E-state index contributed by atoms with van der Waals surface area (Å²) < 4.78 is 5.11. The zero-order valence-corrected chi connectivity index (χ0v) is 10.6. The number of rotatable bonds is 7. The first-order chi connectivity index (χ1) is 8.52. The van der Waals surface area contributed by atoms with Crippen molar-refractivity contribution in [2.45, 2.75) is 19.9 Å². The van der Waals surface area contributed by atoms with Crippen LogP contribution in [0.15, 0.2) is 16.7 Å². The van der Waals surface area contributed by atoms with Gasteiger partial charge in [-0.3, -0.25) is 9.69 Å². The van der Waals surface area contributed by atoms with Crippen LogP contribution in [-0.4, -0.2) is 42.0 Å². The molecule has 0 radical (unpaired) electrons. The van der Waals surface area contributed by atoms with Gasteiger partial charge in [-0.25, -0.2) is 4.79 Å². The molecular formula is C12H18N2O4. The second-order valence-electron chi connectivity index (χ2n) is 4.13. The molecule has 1 rings (SSSR count). The van der Waals surface area contributed by atoms with E-state index in [1.807, 2.05) is 6.92 Å². The molecule has 6 nitrogen and oxygen atoms in total. The number of hydrogen-bond donors (Lipinski definition) is 2. The van der Waals surface area contributed by atoms with E-state index >= 15 is 0 Å². The van der Waals surface area contributed by atoms with Gasteiger partial charge in [0, 0.05) is 6.54 Å². The van der Waals surface area contributed by atoms with Gasteiger partial charge >= 0.3 is 5.97 Å². The molecule has 0 saturated carbocycles. The molecule has 0 fully saturated rings. The monoisotopic (exact) mass is 254 g/mol. The molecule has 0 saturated heterocycles. The summed E-state index contributed by atoms with van der Waals surface area (Å²) in [4.78, 5) is 23.9. The summed E-state index contributed by atoms with van der Waals surface area (Å²) in [6.45, 7) is 3.30. The number of carbonyl (C=O) groups excluding carboxylic acids is 1. The molecule has 1 heterocycles. The van der Waals surface area contributed by atoms with Crippen LogP contribution in [0.5, 0.6) is 0 Å². The lowest BCUT2D eigenvalue weighted by molar-refractivity contribution is -0.122. The summed E-state index contributed by atoms with van der Waals surface area (Å²) in [5.41, 5.74) is 0.119. The van der Waals surface area contributed by atoms with Gasteiger partial charge in [-0.2, -0.15) is 0 Å². The first-order valence-electron chi connectivity index (χ1n) is 5.79. The first-order valence-corrected chi connectivity index (χ1v) is 5.79. The quantitative estimate of drug-likeness (QED) is 0.756. The topological polar surface area (TPSA) is 82.8 Å². The van der Waals surface area contributed by atoms with E-state index in [0.29, 0.717) is 18.8 Å². The molecule has 6 heteroatoms. The number of likely N-dealkylation sites (N-methyl/N-ethyl adjacent to an activating group) is 1. The average Bonchev–Trinajstić information content (AvgIpc) is 2.74. The molecule has 0 aliphatic carbocycles. The van der Waals surface area contributed by atoms with Crippen LogP contribution in [0.4, 0.5) is 0 Å². The minimum absolute atomic E-state index is 0.0515. The summed E-state index contributed by atoms with van der Waals surface area (Å²) in [5, 5.41) is 11.5. The zero-order valence-electron chi connectivity index (χ0n) is 10.6. The molecule has 2 N–H and O–H groups in total. The maximum atomic E-state index is 11.4. The van der Waals surface area contributed by atoms with E-state index < -0.39 is 5.97 Å². The van der Waals surface area contributed by atoms with E-state index in [9.17, 15) is 9.59 Å². The normalized spacial score (nSPS) is 10.6. The van der Waals surface area contributed by atoms with E-state index in [4.69, 9.17) is 9.52 Å². The number of amides is 1. The Balaban J connectivity index is 2.41. The Hall–Kier alpha value is -1.82. The molecule has 0 aromatic carbocycles. The highest BCUT2D eigenvalue weighted by molar-refractivity contribution is 5.87. The fraction of sp³-hybridized carbons (Fsp3) is 0.500. The Morgan fingerprint density at radius 2 is 2.22 bits per heavy atom. The molecule has 0 unspecified atom stereocenters. The van der Waals surface area contributed by atoms with Crippen molar-refractivity contribution in [3.05, 3.63) is 23.7 Å². The number of furan rings is 1. The van der Waals surface area contributed by atoms with Crippen molar-refractivity contribution in [3.8, 4) is 0 Å². The lowest BCUT2D eigenvalue weighted by Gasteiger charge is -2.14. The van der Waals surface area contributed by atoms with E-state index in [0.717, 1.165) is 6.42 Å². The maximum Gasteiger partial charge on any atom is 0.338 e. The molecule has 0 spiro atoms. The number of carboxylic acids is 1. The molecule has 1 aromatic rings. The molecule has 0 atom stereocenters. The molecule has 1 aromatic heterocycles. The fourth-order valence-corrected chi connectivity index (χ4v) is 1.46. The molecule has 0 aliphatic rings. The van der Waals surface area contributed by atoms with Crippen molar-refractivity contribution in [2.24, 2.45) is 0 Å². The lowest BCUT2D eigenvalue weighted by Crippen LogP contribution is -2.35. The van der Waals surface area contributed by atoms with E-state index in [2.05, 4.69) is 5.32 Å². The average molecular weight is 254 g/mol. The minimum atomic E-state index is -1.02. The molecular weight excluding hydrogens is 236 g/mol. The van der Waals surface area contributed by atoms with Crippen LogP contribution in [0.3, 0.4) is 0 Å². The van der Waals surface area contributed by atoms with Crippen molar-refractivity contribution >= 4 is 11.9 Å². The highest BCUT2D eigenvalue weighted by atomic mass is 16.4. The summed E-state index contributed by atoms with van der Waals surface area (Å²) in [6, 6.07) is 1.46. The molecule has 0 bridgehead atoms. The van der Waals surface area contributed by atoms with Crippen molar-refractivity contribution in [1.29, 1.82) is 0 Å². The van der Waals surface area contributed by atoms with E-state index in [1.165, 1.54) is 12.3 Å². The zero-order chi connectivity index (χ0) is 13.5. The number of carbonyl (C=O) groups is 2. The summed E-state index contributed by atoms with van der Waals surface area (Å²) in [5.74, 6) is -0.545. The predicted molar refractivity (Wildman–Crippen MR) is 65.3 cm³/mol. The number of nitrogens with one attached hydrogen (secondary N) is 1. The van der Waals surface area contributed by atoms with Crippen molar-refractivity contribution in [3.63, 3.8) is 0 Å². The third kappa shape index (κ3) is 4.58. The van der Waals surface area contributed by atoms with Crippen molar-refractivity contribution in [1.82, 2.24) is 10.2 Å². The van der Waals surface area contributed by atoms with Crippen LogP contribution in [0.25, 0.3) is 0 Å². The van der Waals surface area contributed by atoms with Gasteiger partial charge in [-0.15, -0.1) is 0 Å². The number of nitrogens with zero attached hydrogens (tertiary/aromatic N) is 1. The smallest absolute Gasteiger partial charge is 0.338 e. The van der Waals surface area contributed by atoms with Gasteiger partial charge in [-0.1, -0.05) is 6.92 Å². The van der Waals surface area contributed by atoms with Crippen LogP contribution in [0, 0.1) is 0 Å². The summed E-state index contributed by atoms with van der Waals surface area (Å²) >= 11 is 0. The van der Waals surface area contributed by atoms with Gasteiger partial charge in [-0.05, 0) is 19.5 Å². The van der Waals surface area contributed by atoms with Crippen LogP contribution in [0.2, 0.25) is 0 Å². The van der Waals surface area contributed by atoms with Gasteiger partial charge < -0.3 is 14.8 Å². The third-order valence-electron chi connectivity index (χ3n) is 2.31. The third-order valence-corrected chi connectivity index (χ3v) is 2.31. The summed E-state index contributed by atoms with van der Waals surface area (Å²) in [6.07, 6.45) is 2.10. The molecule has 18 heavy (non-hydrogen) atoms. The van der Waals surface area contributed by atoms with Gasteiger partial charge in [0.05, 0.1) is 18.7 Å². The van der Waals surface area contributed by atoms with Gasteiger partial charge in [0.25, 0.3) is 0 Å². The van der Waals surface area contributed by atoms with Crippen LogP contribution < -0.4 is 5.32 Å². The Morgan fingerprint density at radius 1 is 1.50 bits per heavy atom. The fourth-order valence-electron chi connectivity index (χ4n) is 1.46. The Kier molecular flexibility index (Phi) is 5.38. The second kappa shape index (κ2) is 6.80. The first kappa shape index (κ1) is 14.2. The second-order valence-corrected chi connectivity index (χ2v) is 4.13. The van der Waals surface area contributed by atoms with Gasteiger partial charge in [0.1, 0.15) is 12.0 Å². The highest BCUT2D eigenvalue weighted by Gasteiger charge is 2.11. The Morgan fingerprint density at radius 3 is 2.78 bits per heavy atom. The van der Waals surface area contributed by atoms with Gasteiger partial charge in [0.2, 0.25) is 5.91 Å². The van der Waals surface area contributed by atoms with Crippen LogP contribution in [0.1, 0.15) is 29.5 Å². The predicted octanol–water partition coefficient (Wildman–Crippen LogP) is 0.936. The highest BCUT2D eigenvalue weighted by Crippen LogP contribution is 2.09. The molecule has 1 amide bonds. The van der Waals surface area contributed by atoms with E-state index in [1.54, 1.807) is 11.9 Å². The Labute approximate surface area is 106 Å². The number of aromatic carboxylic acids is 1. The molecule has 100 valence electrons. The van der Waals surface area contributed by atoms with Crippen LogP contribution in [-0.2, 0) is 11.3 Å². The van der Waals surface area contributed by atoms with Crippen LogP contribution >= 0.6 is 0 Å². The minimum Gasteiger partial charge on any atom is -0.478 e.